The molecule has 23 heavy (non-hydrogen) atoms. The maximum Gasteiger partial charge on any atom is 0.272 e. The second-order valence-electron chi connectivity index (χ2n) is 5.42. The summed E-state index contributed by atoms with van der Waals surface area (Å²) < 4.78 is 3.21. The molecule has 0 bridgehead atoms. The number of rotatable bonds is 3. The molecule has 0 saturated carbocycles. The normalized spacial score (nSPS) is 11.2. The van der Waals surface area contributed by atoms with Crippen LogP contribution in [0.2, 0.25) is 0 Å². The van der Waals surface area contributed by atoms with Crippen molar-refractivity contribution in [1.82, 2.24) is 4.57 Å². The lowest BCUT2D eigenvalue weighted by Gasteiger charge is -2.10. The van der Waals surface area contributed by atoms with Gasteiger partial charge >= 0.3 is 0 Å². The highest BCUT2D eigenvalue weighted by Gasteiger charge is 2.16. The molecule has 0 aliphatic rings. The number of hydrogen-bond donors (Lipinski definition) is 1. The zero-order valence-corrected chi connectivity index (χ0v) is 13.6. The number of carbonyl (C=O) groups is 1. The van der Waals surface area contributed by atoms with Crippen molar-refractivity contribution in [2.24, 2.45) is 0 Å². The number of fused-ring (bicyclic) bond motifs is 2. The van der Waals surface area contributed by atoms with E-state index in [1.165, 1.54) is 0 Å². The lowest BCUT2D eigenvalue weighted by Crippen LogP contribution is -2.16. The van der Waals surface area contributed by atoms with Gasteiger partial charge in [0.25, 0.3) is 5.91 Å². The van der Waals surface area contributed by atoms with E-state index in [0.717, 1.165) is 33.2 Å². The van der Waals surface area contributed by atoms with Crippen molar-refractivity contribution in [3.05, 3.63) is 65.7 Å². The van der Waals surface area contributed by atoms with Crippen molar-refractivity contribution in [3.63, 3.8) is 0 Å². The predicted octanol–water partition coefficient (Wildman–Crippen LogP) is 5.13. The lowest BCUT2D eigenvalue weighted by atomic mass is 10.1. The van der Waals surface area contributed by atoms with Crippen molar-refractivity contribution >= 4 is 43.9 Å². The highest BCUT2D eigenvalue weighted by Crippen LogP contribution is 2.27. The van der Waals surface area contributed by atoms with E-state index < -0.39 is 0 Å². The summed E-state index contributed by atoms with van der Waals surface area (Å²) >= 11 is 1.66. The number of carbonyl (C=O) groups excluding carboxylic acids is 1. The number of hydrogen-bond acceptors (Lipinski definition) is 2. The molecular weight excluding hydrogens is 304 g/mol. The van der Waals surface area contributed by atoms with E-state index in [0.29, 0.717) is 5.69 Å². The summed E-state index contributed by atoms with van der Waals surface area (Å²) in [6, 6.07) is 18.1. The largest absolute Gasteiger partial charge is 0.336 e. The molecule has 3 nitrogen and oxygen atoms in total. The Bertz CT molecular complexity index is 1010. The van der Waals surface area contributed by atoms with E-state index in [2.05, 4.69) is 40.4 Å². The molecule has 4 aromatic rings. The van der Waals surface area contributed by atoms with E-state index >= 15 is 0 Å². The maximum absolute atomic E-state index is 12.8. The number of anilines is 1. The first-order valence-corrected chi connectivity index (χ1v) is 8.51. The van der Waals surface area contributed by atoms with Crippen LogP contribution in [0.25, 0.3) is 21.0 Å². The molecular formula is C19H16N2OS. The van der Waals surface area contributed by atoms with Crippen LogP contribution in [-0.2, 0) is 6.54 Å². The Kier molecular flexibility index (Phi) is 3.39. The second kappa shape index (κ2) is 5.56. The lowest BCUT2D eigenvalue weighted by molar-refractivity contribution is 0.101. The van der Waals surface area contributed by atoms with Crippen LogP contribution in [0.15, 0.2) is 60.0 Å². The Morgan fingerprint density at radius 1 is 1.13 bits per heavy atom. The summed E-state index contributed by atoms with van der Waals surface area (Å²) in [6.07, 6.45) is 0. The summed E-state index contributed by atoms with van der Waals surface area (Å²) in [6.45, 7) is 2.84. The van der Waals surface area contributed by atoms with Gasteiger partial charge in [0.05, 0.1) is 10.2 Å². The molecule has 4 rings (SSSR count). The molecule has 0 aliphatic carbocycles. The van der Waals surface area contributed by atoms with Gasteiger partial charge in [0.2, 0.25) is 0 Å². The van der Waals surface area contributed by atoms with Crippen LogP contribution in [-0.4, -0.2) is 10.5 Å². The zero-order valence-electron chi connectivity index (χ0n) is 12.7. The van der Waals surface area contributed by atoms with Gasteiger partial charge in [0.15, 0.2) is 0 Å². The molecule has 2 aromatic carbocycles. The quantitative estimate of drug-likeness (QED) is 0.558. The van der Waals surface area contributed by atoms with E-state index in [1.54, 1.807) is 11.3 Å². The average Bonchev–Trinajstić information content (AvgIpc) is 3.15. The highest BCUT2D eigenvalue weighted by atomic mass is 32.1. The van der Waals surface area contributed by atoms with Gasteiger partial charge in [0.1, 0.15) is 5.69 Å². The van der Waals surface area contributed by atoms with Crippen molar-refractivity contribution < 1.29 is 4.79 Å². The van der Waals surface area contributed by atoms with Gasteiger partial charge in [0, 0.05) is 17.6 Å². The minimum Gasteiger partial charge on any atom is -0.336 e. The zero-order chi connectivity index (χ0) is 15.8. The van der Waals surface area contributed by atoms with Crippen LogP contribution < -0.4 is 5.32 Å². The van der Waals surface area contributed by atoms with Gasteiger partial charge in [-0.3, -0.25) is 4.79 Å². The van der Waals surface area contributed by atoms with Crippen LogP contribution >= 0.6 is 11.3 Å². The summed E-state index contributed by atoms with van der Waals surface area (Å²) in [5.74, 6) is -0.0633. The fourth-order valence-corrected chi connectivity index (χ4v) is 3.85. The van der Waals surface area contributed by atoms with Crippen LogP contribution in [0, 0.1) is 0 Å². The van der Waals surface area contributed by atoms with Gasteiger partial charge in [-0.25, -0.2) is 0 Å². The molecule has 0 fully saturated rings. The number of nitrogens with one attached hydrogen (secondary N) is 1. The monoisotopic (exact) mass is 320 g/mol. The topological polar surface area (TPSA) is 34.0 Å². The van der Waals surface area contributed by atoms with Gasteiger partial charge in [-0.05, 0) is 35.9 Å². The van der Waals surface area contributed by atoms with E-state index in [9.17, 15) is 4.79 Å². The first-order chi connectivity index (χ1) is 11.3. The van der Waals surface area contributed by atoms with E-state index in [4.69, 9.17) is 0 Å². The fourth-order valence-electron chi connectivity index (χ4n) is 3.03. The molecule has 1 amide bonds. The number of thiophene rings is 1. The number of amides is 1. The van der Waals surface area contributed by atoms with Crippen LogP contribution in [0.1, 0.15) is 17.4 Å². The van der Waals surface area contributed by atoms with Crippen LogP contribution in [0.3, 0.4) is 0 Å². The predicted molar refractivity (Wildman–Crippen MR) is 97.4 cm³/mol. The Morgan fingerprint density at radius 3 is 2.83 bits per heavy atom. The van der Waals surface area contributed by atoms with E-state index in [-0.39, 0.29) is 5.91 Å². The Balaban J connectivity index is 1.75. The van der Waals surface area contributed by atoms with Crippen molar-refractivity contribution in [3.8, 4) is 0 Å². The summed E-state index contributed by atoms with van der Waals surface area (Å²) in [5.41, 5.74) is 2.68. The molecule has 0 aliphatic heterocycles. The highest BCUT2D eigenvalue weighted by molar-refractivity contribution is 7.17. The van der Waals surface area contributed by atoms with E-state index in [1.807, 2.05) is 36.4 Å². The van der Waals surface area contributed by atoms with Gasteiger partial charge < -0.3 is 9.88 Å². The first-order valence-electron chi connectivity index (χ1n) is 7.64. The number of aryl methyl sites for hydroxylation is 1. The molecule has 0 atom stereocenters. The summed E-state index contributed by atoms with van der Waals surface area (Å²) in [5, 5.41) is 7.31. The summed E-state index contributed by atoms with van der Waals surface area (Å²) in [4.78, 5) is 12.8. The molecule has 2 aromatic heterocycles. The third-order valence-corrected chi connectivity index (χ3v) is 4.96. The number of benzene rings is 2. The van der Waals surface area contributed by atoms with Crippen molar-refractivity contribution in [2.75, 3.05) is 5.32 Å². The third kappa shape index (κ3) is 2.32. The molecule has 114 valence electrons. The molecule has 1 N–H and O–H groups in total. The van der Waals surface area contributed by atoms with Gasteiger partial charge in [-0.2, -0.15) is 0 Å². The van der Waals surface area contributed by atoms with Crippen molar-refractivity contribution in [2.45, 2.75) is 13.5 Å². The van der Waals surface area contributed by atoms with Crippen LogP contribution in [0.4, 0.5) is 5.69 Å². The average molecular weight is 320 g/mol. The summed E-state index contributed by atoms with van der Waals surface area (Å²) in [7, 11) is 0. The second-order valence-corrected chi connectivity index (χ2v) is 6.37. The molecule has 2 heterocycles. The minimum absolute atomic E-state index is 0.0633. The Morgan fingerprint density at radius 2 is 1.96 bits per heavy atom. The molecule has 4 heteroatoms. The molecule has 0 spiro atoms. The maximum atomic E-state index is 12.8. The fraction of sp³-hybridized carbons (Fsp3) is 0.105. The Hall–Kier alpha value is -2.59. The SMILES string of the molecule is CCn1c(C(=O)Nc2cccc3ccccc23)cc2sccc21. The molecule has 0 unspecified atom stereocenters. The molecule has 0 radical (unpaired) electrons. The van der Waals surface area contributed by atoms with Gasteiger partial charge in [-0.1, -0.05) is 36.4 Å². The smallest absolute Gasteiger partial charge is 0.272 e. The number of nitrogens with zero attached hydrogens (tertiary/aromatic N) is 1. The third-order valence-electron chi connectivity index (χ3n) is 4.11. The first kappa shape index (κ1) is 14.0. The minimum atomic E-state index is -0.0633. The van der Waals surface area contributed by atoms with Gasteiger partial charge in [-0.15, -0.1) is 11.3 Å². The molecule has 0 saturated heterocycles. The number of aromatic nitrogens is 1. The standard InChI is InChI=1S/C19H16N2OS/c1-2-21-16-10-11-23-18(16)12-17(21)19(22)20-15-9-5-7-13-6-3-4-8-14(13)15/h3-12H,2H2,1H3,(H,20,22). The van der Waals surface area contributed by atoms with Crippen molar-refractivity contribution in [1.29, 1.82) is 0 Å². The Labute approximate surface area is 138 Å². The van der Waals surface area contributed by atoms with Crippen LogP contribution in [0.5, 0.6) is 0 Å².